The van der Waals surface area contributed by atoms with E-state index in [1.165, 1.54) is 12.0 Å². The van der Waals surface area contributed by atoms with Crippen LogP contribution in [0, 0.1) is 11.8 Å². The Balaban J connectivity index is 2.13. The van der Waals surface area contributed by atoms with Crippen molar-refractivity contribution >= 4 is 0 Å². The number of likely N-dealkylation sites (N-methyl/N-ethyl adjacent to an activating group) is 1. The third kappa shape index (κ3) is 3.25. The van der Waals surface area contributed by atoms with Crippen LogP contribution < -0.4 is 15.2 Å². The molecule has 0 spiro atoms. The van der Waals surface area contributed by atoms with Gasteiger partial charge in [-0.2, -0.15) is 0 Å². The Morgan fingerprint density at radius 3 is 2.45 bits per heavy atom. The molecule has 1 saturated carbocycles. The summed E-state index contributed by atoms with van der Waals surface area (Å²) in [5.41, 5.74) is 7.17. The minimum absolute atomic E-state index is 0.225. The van der Waals surface area contributed by atoms with Gasteiger partial charge < -0.3 is 15.2 Å². The molecular weight excluding hydrogens is 252 g/mol. The molecule has 1 aliphatic carbocycles. The molecule has 0 radical (unpaired) electrons. The summed E-state index contributed by atoms with van der Waals surface area (Å²) in [5, 5.41) is 0. The summed E-state index contributed by atoms with van der Waals surface area (Å²) in [5.74, 6) is 3.21. The van der Waals surface area contributed by atoms with Crippen LogP contribution in [0.2, 0.25) is 0 Å². The monoisotopic (exact) mass is 278 g/mol. The summed E-state index contributed by atoms with van der Waals surface area (Å²) in [7, 11) is 5.46. The predicted octanol–water partition coefficient (Wildman–Crippen LogP) is 2.29. The first-order valence-corrected chi connectivity index (χ1v) is 7.23. The summed E-state index contributed by atoms with van der Waals surface area (Å²) in [6, 6.07) is 6.28. The van der Waals surface area contributed by atoms with Gasteiger partial charge in [-0.15, -0.1) is 0 Å². The Kier molecular flexibility index (Phi) is 4.89. The van der Waals surface area contributed by atoms with Gasteiger partial charge in [-0.25, -0.2) is 0 Å². The highest BCUT2D eigenvalue weighted by molar-refractivity contribution is 5.43. The van der Waals surface area contributed by atoms with Gasteiger partial charge in [0.15, 0.2) is 11.5 Å². The zero-order valence-corrected chi connectivity index (χ0v) is 12.9. The van der Waals surface area contributed by atoms with Crippen molar-refractivity contribution in [2.24, 2.45) is 17.6 Å². The van der Waals surface area contributed by atoms with Crippen LogP contribution in [-0.2, 0) is 0 Å². The molecule has 1 aromatic rings. The Morgan fingerprint density at radius 2 is 1.95 bits per heavy atom. The number of rotatable bonds is 7. The summed E-state index contributed by atoms with van der Waals surface area (Å²) >= 11 is 0. The second-order valence-electron chi connectivity index (χ2n) is 5.78. The Morgan fingerprint density at radius 1 is 1.30 bits per heavy atom. The van der Waals surface area contributed by atoms with Crippen molar-refractivity contribution in [2.45, 2.75) is 19.4 Å². The quantitative estimate of drug-likeness (QED) is 0.831. The smallest absolute Gasteiger partial charge is 0.161 e. The number of methoxy groups -OCH3 is 2. The van der Waals surface area contributed by atoms with Crippen molar-refractivity contribution in [1.29, 1.82) is 0 Å². The maximum absolute atomic E-state index is 5.98. The van der Waals surface area contributed by atoms with Crippen LogP contribution in [0.25, 0.3) is 0 Å². The first-order chi connectivity index (χ1) is 9.60. The highest BCUT2D eigenvalue weighted by Crippen LogP contribution is 2.39. The lowest BCUT2D eigenvalue weighted by atomic mass is 10.0. The maximum Gasteiger partial charge on any atom is 0.161 e. The fourth-order valence-electron chi connectivity index (χ4n) is 2.78. The molecule has 0 amide bonds. The van der Waals surface area contributed by atoms with Crippen molar-refractivity contribution < 1.29 is 9.47 Å². The van der Waals surface area contributed by atoms with Gasteiger partial charge in [0, 0.05) is 19.1 Å². The van der Waals surface area contributed by atoms with Crippen LogP contribution in [-0.4, -0.2) is 39.3 Å². The molecule has 2 N–H and O–H groups in total. The van der Waals surface area contributed by atoms with E-state index < -0.39 is 0 Å². The lowest BCUT2D eigenvalue weighted by Crippen LogP contribution is -2.32. The first kappa shape index (κ1) is 15.1. The molecule has 1 aromatic carbocycles. The van der Waals surface area contributed by atoms with Crippen LogP contribution in [0.3, 0.4) is 0 Å². The number of ether oxygens (including phenoxy) is 2. The second kappa shape index (κ2) is 6.46. The highest BCUT2D eigenvalue weighted by atomic mass is 16.5. The van der Waals surface area contributed by atoms with Gasteiger partial charge >= 0.3 is 0 Å². The van der Waals surface area contributed by atoms with Crippen LogP contribution >= 0.6 is 0 Å². The lowest BCUT2D eigenvalue weighted by Gasteiger charge is -2.28. The Labute approximate surface area is 121 Å². The number of nitrogens with zero attached hydrogens (tertiary/aromatic N) is 1. The molecule has 1 fully saturated rings. The van der Waals surface area contributed by atoms with Gasteiger partial charge in [-0.3, -0.25) is 4.90 Å². The summed E-state index contributed by atoms with van der Waals surface area (Å²) in [6.07, 6.45) is 1.34. The Bertz CT molecular complexity index is 450. The molecule has 20 heavy (non-hydrogen) atoms. The zero-order valence-electron chi connectivity index (χ0n) is 12.9. The summed E-state index contributed by atoms with van der Waals surface area (Å²) < 4.78 is 10.7. The van der Waals surface area contributed by atoms with Crippen LogP contribution in [0.15, 0.2) is 18.2 Å². The van der Waals surface area contributed by atoms with Crippen LogP contribution in [0.4, 0.5) is 0 Å². The fourth-order valence-corrected chi connectivity index (χ4v) is 2.78. The molecule has 3 unspecified atom stereocenters. The molecule has 4 heteroatoms. The first-order valence-electron chi connectivity index (χ1n) is 7.23. The number of nitrogens with two attached hydrogens (primary N) is 1. The SMILES string of the molecule is COc1ccc(C(CN)N(C)CC2CC2C)cc1OC. The van der Waals surface area contributed by atoms with Gasteiger partial charge in [-0.1, -0.05) is 13.0 Å². The van der Waals surface area contributed by atoms with Gasteiger partial charge in [0.05, 0.1) is 14.2 Å². The topological polar surface area (TPSA) is 47.7 Å². The molecule has 0 aromatic heterocycles. The molecule has 0 saturated heterocycles. The van der Waals surface area contributed by atoms with E-state index in [9.17, 15) is 0 Å². The van der Waals surface area contributed by atoms with Crippen molar-refractivity contribution in [3.8, 4) is 11.5 Å². The van der Waals surface area contributed by atoms with E-state index >= 15 is 0 Å². The van der Waals surface area contributed by atoms with Crippen molar-refractivity contribution in [3.05, 3.63) is 23.8 Å². The molecule has 3 atom stereocenters. The summed E-state index contributed by atoms with van der Waals surface area (Å²) in [4.78, 5) is 2.36. The largest absolute Gasteiger partial charge is 0.493 e. The van der Waals surface area contributed by atoms with Gasteiger partial charge in [0.25, 0.3) is 0 Å². The third-order valence-corrected chi connectivity index (χ3v) is 4.35. The van der Waals surface area contributed by atoms with Crippen LogP contribution in [0.5, 0.6) is 11.5 Å². The number of hydrogen-bond acceptors (Lipinski definition) is 4. The molecule has 0 bridgehead atoms. The average molecular weight is 278 g/mol. The highest BCUT2D eigenvalue weighted by Gasteiger charge is 2.34. The molecule has 1 aliphatic rings. The van der Waals surface area contributed by atoms with Gasteiger partial charge in [0.1, 0.15) is 0 Å². The average Bonchev–Trinajstić information content (AvgIpc) is 3.14. The van der Waals surface area contributed by atoms with Crippen molar-refractivity contribution in [3.63, 3.8) is 0 Å². The fraction of sp³-hybridized carbons (Fsp3) is 0.625. The van der Waals surface area contributed by atoms with Crippen molar-refractivity contribution in [2.75, 3.05) is 34.4 Å². The number of hydrogen-bond donors (Lipinski definition) is 1. The van der Waals surface area contributed by atoms with E-state index in [1.54, 1.807) is 14.2 Å². The zero-order chi connectivity index (χ0) is 14.7. The Hall–Kier alpha value is -1.26. The van der Waals surface area contributed by atoms with E-state index in [0.29, 0.717) is 6.54 Å². The molecule has 0 heterocycles. The second-order valence-corrected chi connectivity index (χ2v) is 5.78. The van der Waals surface area contributed by atoms with E-state index in [0.717, 1.165) is 29.9 Å². The molecular formula is C16H26N2O2. The molecule has 0 aliphatic heterocycles. The maximum atomic E-state index is 5.98. The van der Waals surface area contributed by atoms with E-state index in [4.69, 9.17) is 15.2 Å². The minimum Gasteiger partial charge on any atom is -0.493 e. The normalized spacial score (nSPS) is 22.7. The standard InChI is InChI=1S/C16H26N2O2/c1-11-7-13(11)10-18(2)14(9-17)12-5-6-15(19-3)16(8-12)20-4/h5-6,8,11,13-14H,7,9-10,17H2,1-4H3. The van der Waals surface area contributed by atoms with Crippen molar-refractivity contribution in [1.82, 2.24) is 4.90 Å². The molecule has 2 rings (SSSR count). The lowest BCUT2D eigenvalue weighted by molar-refractivity contribution is 0.236. The van der Waals surface area contributed by atoms with E-state index in [2.05, 4.69) is 24.9 Å². The van der Waals surface area contributed by atoms with Gasteiger partial charge in [0.2, 0.25) is 0 Å². The molecule has 112 valence electrons. The van der Waals surface area contributed by atoms with Crippen LogP contribution in [0.1, 0.15) is 24.9 Å². The summed E-state index contributed by atoms with van der Waals surface area (Å²) in [6.45, 7) is 4.02. The number of benzene rings is 1. The van der Waals surface area contributed by atoms with Gasteiger partial charge in [-0.05, 0) is 43.0 Å². The minimum atomic E-state index is 0.225. The van der Waals surface area contributed by atoms with E-state index in [1.807, 2.05) is 12.1 Å². The third-order valence-electron chi connectivity index (χ3n) is 4.35. The van der Waals surface area contributed by atoms with E-state index in [-0.39, 0.29) is 6.04 Å². The predicted molar refractivity (Wildman–Crippen MR) is 81.2 cm³/mol. The molecule has 4 nitrogen and oxygen atoms in total.